The topological polar surface area (TPSA) is 114 Å². The molecule has 8 heteroatoms. The fourth-order valence-electron chi connectivity index (χ4n) is 4.66. The van der Waals surface area contributed by atoms with Gasteiger partial charge in [0.05, 0.1) is 5.41 Å². The molecule has 3 N–H and O–H groups in total. The van der Waals surface area contributed by atoms with Gasteiger partial charge < -0.3 is 9.84 Å². The molecule has 0 spiro atoms. The predicted molar refractivity (Wildman–Crippen MR) is 128 cm³/mol. The van der Waals surface area contributed by atoms with E-state index in [1.165, 1.54) is 11.1 Å². The van der Waals surface area contributed by atoms with Crippen LogP contribution in [0.3, 0.4) is 0 Å². The van der Waals surface area contributed by atoms with Crippen molar-refractivity contribution in [2.24, 2.45) is 0 Å². The lowest BCUT2D eigenvalue weighted by Crippen LogP contribution is -2.36. The Morgan fingerprint density at radius 1 is 0.886 bits per heavy atom. The number of aliphatic carboxylic acids is 1. The second kappa shape index (κ2) is 9.23. The Morgan fingerprint density at radius 2 is 1.49 bits per heavy atom. The van der Waals surface area contributed by atoms with Crippen molar-refractivity contribution in [1.82, 2.24) is 5.48 Å². The van der Waals surface area contributed by atoms with Gasteiger partial charge in [-0.25, -0.2) is 15.1 Å². The van der Waals surface area contributed by atoms with Crippen LogP contribution >= 0.6 is 0 Å². The molecule has 0 saturated heterocycles. The Balaban J connectivity index is 1.19. The van der Waals surface area contributed by atoms with Gasteiger partial charge in [0, 0.05) is 11.6 Å². The van der Waals surface area contributed by atoms with Crippen LogP contribution in [0.25, 0.3) is 11.1 Å². The van der Waals surface area contributed by atoms with Gasteiger partial charge in [-0.3, -0.25) is 14.9 Å². The van der Waals surface area contributed by atoms with Gasteiger partial charge in [-0.15, -0.1) is 0 Å². The number of fused-ring (bicyclic) bond motifs is 3. The Bertz CT molecular complexity index is 1240. The van der Waals surface area contributed by atoms with E-state index in [0.717, 1.165) is 16.7 Å². The predicted octanol–water partition coefficient (Wildman–Crippen LogP) is 4.21. The average molecular weight is 472 g/mol. The molecule has 3 aromatic carbocycles. The summed E-state index contributed by atoms with van der Waals surface area (Å²) in [5.74, 6) is -1.57. The third-order valence-corrected chi connectivity index (χ3v) is 6.57. The highest BCUT2D eigenvalue weighted by molar-refractivity contribution is 5.91. The first kappa shape index (κ1) is 22.6. The third kappa shape index (κ3) is 4.48. The molecule has 5 rings (SSSR count). The van der Waals surface area contributed by atoms with E-state index in [1.54, 1.807) is 24.3 Å². The van der Waals surface area contributed by atoms with Crippen LogP contribution in [0.5, 0.6) is 0 Å². The van der Waals surface area contributed by atoms with Crippen LogP contribution in [0, 0.1) is 0 Å². The molecule has 0 radical (unpaired) electrons. The number of carbonyl (C=O) groups excluding carboxylic acids is 2. The van der Waals surface area contributed by atoms with E-state index in [2.05, 4.69) is 35.1 Å². The van der Waals surface area contributed by atoms with Crippen LogP contribution in [-0.4, -0.2) is 36.3 Å². The van der Waals surface area contributed by atoms with E-state index in [1.807, 2.05) is 24.3 Å². The normalized spacial score (nSPS) is 15.0. The number of amides is 2. The lowest BCUT2D eigenvalue weighted by atomic mass is 9.95. The number of benzene rings is 3. The van der Waals surface area contributed by atoms with Gasteiger partial charge in [-0.05, 0) is 52.8 Å². The minimum Gasteiger partial charge on any atom is -0.479 e. The number of carboxylic acid groups (broad SMARTS) is 1. The summed E-state index contributed by atoms with van der Waals surface area (Å²) >= 11 is 0. The lowest BCUT2D eigenvalue weighted by molar-refractivity contribution is -0.150. The molecule has 1 fully saturated rings. The maximum atomic E-state index is 12.5. The van der Waals surface area contributed by atoms with Crippen LogP contribution < -0.4 is 10.8 Å². The van der Waals surface area contributed by atoms with Crippen molar-refractivity contribution in [2.45, 2.75) is 24.2 Å². The van der Waals surface area contributed by atoms with Crippen LogP contribution in [0.2, 0.25) is 0 Å². The summed E-state index contributed by atoms with van der Waals surface area (Å²) in [6.45, 7) is -0.387. The summed E-state index contributed by atoms with van der Waals surface area (Å²) in [6.07, 6.45) is 0.712. The number of carbonyl (C=O) groups is 3. The molecule has 0 aromatic heterocycles. The molecular weight excluding hydrogens is 448 g/mol. The van der Waals surface area contributed by atoms with Gasteiger partial charge in [0.15, 0.2) is 6.61 Å². The Labute approximate surface area is 201 Å². The maximum Gasteiger partial charge on any atom is 0.411 e. The highest BCUT2D eigenvalue weighted by Gasteiger charge is 2.51. The minimum atomic E-state index is -1.17. The van der Waals surface area contributed by atoms with Crippen molar-refractivity contribution in [3.05, 3.63) is 89.5 Å². The van der Waals surface area contributed by atoms with E-state index in [-0.39, 0.29) is 18.4 Å². The van der Waals surface area contributed by atoms with Crippen molar-refractivity contribution >= 4 is 23.7 Å². The van der Waals surface area contributed by atoms with E-state index in [4.69, 9.17) is 14.7 Å². The first-order chi connectivity index (χ1) is 17.0. The van der Waals surface area contributed by atoms with Gasteiger partial charge >= 0.3 is 12.1 Å². The highest BCUT2D eigenvalue weighted by Crippen LogP contribution is 2.48. The van der Waals surface area contributed by atoms with Crippen LogP contribution in [0.4, 0.5) is 10.5 Å². The van der Waals surface area contributed by atoms with Gasteiger partial charge in [-0.1, -0.05) is 60.7 Å². The van der Waals surface area contributed by atoms with Gasteiger partial charge in [0.25, 0.3) is 5.91 Å². The summed E-state index contributed by atoms with van der Waals surface area (Å²) in [4.78, 5) is 40.2. The van der Waals surface area contributed by atoms with Crippen LogP contribution in [0.1, 0.15) is 35.4 Å². The van der Waals surface area contributed by atoms with Crippen LogP contribution in [-0.2, 0) is 24.6 Å². The summed E-state index contributed by atoms with van der Waals surface area (Å²) in [5, 5.41) is 11.4. The van der Waals surface area contributed by atoms with Crippen molar-refractivity contribution in [2.75, 3.05) is 18.5 Å². The lowest BCUT2D eigenvalue weighted by Gasteiger charge is -2.16. The number of hydrogen-bond donors (Lipinski definition) is 3. The molecule has 0 bridgehead atoms. The smallest absolute Gasteiger partial charge is 0.411 e. The summed E-state index contributed by atoms with van der Waals surface area (Å²) in [5.41, 5.74) is 7.41. The number of carboxylic acids is 1. The Kier molecular flexibility index (Phi) is 5.96. The van der Waals surface area contributed by atoms with Crippen molar-refractivity contribution in [3.63, 3.8) is 0 Å². The maximum absolute atomic E-state index is 12.5. The minimum absolute atomic E-state index is 0.0212. The number of rotatable bonds is 8. The summed E-state index contributed by atoms with van der Waals surface area (Å²) < 4.78 is 5.58. The van der Waals surface area contributed by atoms with E-state index in [0.29, 0.717) is 18.5 Å². The molecule has 2 aliphatic carbocycles. The first-order valence-electron chi connectivity index (χ1n) is 11.3. The first-order valence-corrected chi connectivity index (χ1v) is 11.3. The SMILES string of the molecule is O=C(O)CONC(=O)C1(c2ccc(NC(=O)OCC3c4ccccc4-c4ccccc43)cc2)CC1. The van der Waals surface area contributed by atoms with Crippen molar-refractivity contribution < 1.29 is 29.1 Å². The zero-order valence-corrected chi connectivity index (χ0v) is 18.8. The average Bonchev–Trinajstić information content (AvgIpc) is 3.61. The number of anilines is 1. The molecule has 0 aliphatic heterocycles. The Morgan fingerprint density at radius 3 is 2.06 bits per heavy atom. The monoisotopic (exact) mass is 472 g/mol. The largest absolute Gasteiger partial charge is 0.479 e. The Hall–Kier alpha value is -4.17. The number of hydrogen-bond acceptors (Lipinski definition) is 5. The molecule has 3 aromatic rings. The highest BCUT2D eigenvalue weighted by atomic mass is 16.7. The molecule has 2 amide bonds. The van der Waals surface area contributed by atoms with E-state index >= 15 is 0 Å². The van der Waals surface area contributed by atoms with Crippen molar-refractivity contribution in [3.8, 4) is 11.1 Å². The molecule has 2 aliphatic rings. The van der Waals surface area contributed by atoms with Crippen molar-refractivity contribution in [1.29, 1.82) is 0 Å². The molecule has 178 valence electrons. The fraction of sp³-hybridized carbons (Fsp3) is 0.222. The second-order valence-corrected chi connectivity index (χ2v) is 8.72. The number of ether oxygens (including phenoxy) is 1. The van der Waals surface area contributed by atoms with E-state index < -0.39 is 24.1 Å². The zero-order valence-electron chi connectivity index (χ0n) is 18.8. The molecule has 0 atom stereocenters. The summed E-state index contributed by atoms with van der Waals surface area (Å²) in [6, 6.07) is 23.3. The quantitative estimate of drug-likeness (QED) is 0.423. The van der Waals surface area contributed by atoms with E-state index in [9.17, 15) is 14.4 Å². The van der Waals surface area contributed by atoms with Gasteiger partial charge in [0.1, 0.15) is 6.61 Å². The fourth-order valence-corrected chi connectivity index (χ4v) is 4.66. The van der Waals surface area contributed by atoms with Gasteiger partial charge in [0.2, 0.25) is 0 Å². The second-order valence-electron chi connectivity index (χ2n) is 8.72. The molecule has 35 heavy (non-hydrogen) atoms. The third-order valence-electron chi connectivity index (χ3n) is 6.57. The molecule has 0 heterocycles. The summed E-state index contributed by atoms with van der Waals surface area (Å²) in [7, 11) is 0. The molecule has 0 unspecified atom stereocenters. The standard InChI is InChI=1S/C27H24N2O6/c30-24(31)16-35-29-25(32)27(13-14-27)17-9-11-18(12-10-17)28-26(33)34-15-23-21-7-3-1-5-19(21)20-6-2-4-8-22(20)23/h1-12,23H,13-16H2,(H,28,33)(H,29,32)(H,30,31). The molecule has 8 nitrogen and oxygen atoms in total. The van der Waals surface area contributed by atoms with Crippen LogP contribution in [0.15, 0.2) is 72.8 Å². The molecular formula is C27H24N2O6. The number of hydroxylamine groups is 1. The van der Waals surface area contributed by atoms with Gasteiger partial charge in [-0.2, -0.15) is 0 Å². The molecule has 1 saturated carbocycles. The number of nitrogens with one attached hydrogen (secondary N) is 2. The zero-order chi connectivity index (χ0) is 24.4.